The van der Waals surface area contributed by atoms with Crippen LogP contribution in [0.3, 0.4) is 0 Å². The van der Waals surface area contributed by atoms with Gasteiger partial charge in [-0.3, -0.25) is 10.0 Å². The molecule has 0 aliphatic carbocycles. The van der Waals surface area contributed by atoms with Crippen LogP contribution in [0.15, 0.2) is 30.3 Å². The fraction of sp³-hybridized carbons (Fsp3) is 0.682. The number of rotatable bonds is 12. The van der Waals surface area contributed by atoms with Crippen LogP contribution in [0.1, 0.15) is 51.0 Å². The van der Waals surface area contributed by atoms with Crippen LogP contribution >= 0.6 is 0 Å². The summed E-state index contributed by atoms with van der Waals surface area (Å²) in [4.78, 5) is 11.1. The first kappa shape index (κ1) is 21.2. The molecule has 0 saturated carbocycles. The van der Waals surface area contributed by atoms with E-state index in [0.29, 0.717) is 50.1 Å². The summed E-state index contributed by atoms with van der Waals surface area (Å²) in [6.45, 7) is 4.15. The second-order valence-electron chi connectivity index (χ2n) is 8.02. The SMILES string of the molecule is CC(CCCC(=O)NO)OCC1C2CCC(O2)C1CCOCc1ccccc1. The van der Waals surface area contributed by atoms with Gasteiger partial charge in [0.15, 0.2) is 0 Å². The van der Waals surface area contributed by atoms with E-state index in [9.17, 15) is 4.79 Å². The Bertz CT molecular complexity index is 596. The molecule has 5 unspecified atom stereocenters. The minimum atomic E-state index is -0.343. The Kier molecular flexibility index (Phi) is 8.27. The number of carbonyl (C=O) groups is 1. The first-order valence-corrected chi connectivity index (χ1v) is 10.5. The highest BCUT2D eigenvalue weighted by Crippen LogP contribution is 2.45. The molecule has 5 atom stereocenters. The Labute approximate surface area is 167 Å². The molecule has 1 amide bonds. The highest BCUT2D eigenvalue weighted by Gasteiger charge is 2.48. The van der Waals surface area contributed by atoms with Crippen molar-refractivity contribution in [1.29, 1.82) is 0 Å². The Balaban J connectivity index is 1.37. The highest BCUT2D eigenvalue weighted by atomic mass is 16.5. The third-order valence-electron chi connectivity index (χ3n) is 6.01. The molecule has 28 heavy (non-hydrogen) atoms. The first-order valence-electron chi connectivity index (χ1n) is 10.5. The molecular formula is C22H33NO5. The minimum Gasteiger partial charge on any atom is -0.378 e. The summed E-state index contributed by atoms with van der Waals surface area (Å²) in [7, 11) is 0. The molecule has 1 aromatic rings. The summed E-state index contributed by atoms with van der Waals surface area (Å²) in [5.74, 6) is 0.591. The smallest absolute Gasteiger partial charge is 0.243 e. The standard InChI is InChI=1S/C22H33NO5/c1-16(6-5-9-22(24)23-25)27-15-19-18(20-10-11-21(19)28-20)12-13-26-14-17-7-3-2-4-8-17/h2-4,7-8,16,18-21,25H,5-6,9-15H2,1H3,(H,23,24). The maximum absolute atomic E-state index is 11.1. The van der Waals surface area contributed by atoms with Crippen LogP contribution in [-0.4, -0.2) is 42.6 Å². The van der Waals surface area contributed by atoms with E-state index < -0.39 is 0 Å². The third kappa shape index (κ3) is 6.01. The van der Waals surface area contributed by atoms with Gasteiger partial charge in [-0.05, 0) is 50.5 Å². The van der Waals surface area contributed by atoms with E-state index in [1.807, 2.05) is 25.1 Å². The molecule has 156 valence electrons. The molecule has 6 nitrogen and oxygen atoms in total. The number of fused-ring (bicyclic) bond motifs is 2. The lowest BCUT2D eigenvalue weighted by Crippen LogP contribution is -2.32. The number of ether oxygens (including phenoxy) is 3. The summed E-state index contributed by atoms with van der Waals surface area (Å²) in [5.41, 5.74) is 2.87. The van der Waals surface area contributed by atoms with E-state index in [1.165, 1.54) is 5.56 Å². The van der Waals surface area contributed by atoms with Gasteiger partial charge in [-0.2, -0.15) is 0 Å². The van der Waals surface area contributed by atoms with Crippen LogP contribution in [-0.2, 0) is 25.6 Å². The van der Waals surface area contributed by atoms with Crippen molar-refractivity contribution in [1.82, 2.24) is 5.48 Å². The van der Waals surface area contributed by atoms with Crippen LogP contribution in [0, 0.1) is 11.8 Å². The summed E-state index contributed by atoms with van der Waals surface area (Å²) >= 11 is 0. The van der Waals surface area contributed by atoms with Gasteiger partial charge in [0.2, 0.25) is 5.91 Å². The van der Waals surface area contributed by atoms with E-state index in [-0.39, 0.29) is 12.0 Å². The molecular weight excluding hydrogens is 358 g/mol. The molecule has 1 aromatic carbocycles. The first-order chi connectivity index (χ1) is 13.7. The number of benzene rings is 1. The van der Waals surface area contributed by atoms with Crippen LogP contribution < -0.4 is 5.48 Å². The van der Waals surface area contributed by atoms with Crippen molar-refractivity contribution < 1.29 is 24.2 Å². The molecule has 6 heteroatoms. The third-order valence-corrected chi connectivity index (χ3v) is 6.01. The van der Waals surface area contributed by atoms with Crippen LogP contribution in [0.5, 0.6) is 0 Å². The van der Waals surface area contributed by atoms with Gasteiger partial charge in [0.1, 0.15) is 0 Å². The zero-order chi connectivity index (χ0) is 19.8. The molecule has 2 heterocycles. The molecule has 2 saturated heterocycles. The molecule has 0 spiro atoms. The predicted octanol–water partition coefficient (Wildman–Crippen LogP) is 3.47. The van der Waals surface area contributed by atoms with Crippen molar-refractivity contribution in [2.45, 2.75) is 70.4 Å². The number of hydrogen-bond acceptors (Lipinski definition) is 5. The van der Waals surface area contributed by atoms with Gasteiger partial charge in [-0.1, -0.05) is 30.3 Å². The molecule has 0 radical (unpaired) electrons. The van der Waals surface area contributed by atoms with Crippen molar-refractivity contribution in [3.8, 4) is 0 Å². The van der Waals surface area contributed by atoms with E-state index in [1.54, 1.807) is 5.48 Å². The Morgan fingerprint density at radius 1 is 1.25 bits per heavy atom. The zero-order valence-corrected chi connectivity index (χ0v) is 16.7. The Morgan fingerprint density at radius 3 is 2.75 bits per heavy atom. The lowest BCUT2D eigenvalue weighted by molar-refractivity contribution is -0.129. The fourth-order valence-corrected chi connectivity index (χ4v) is 4.45. The quantitative estimate of drug-likeness (QED) is 0.324. The maximum atomic E-state index is 11.1. The zero-order valence-electron chi connectivity index (χ0n) is 16.7. The molecule has 0 aromatic heterocycles. The van der Waals surface area contributed by atoms with Gasteiger partial charge < -0.3 is 14.2 Å². The lowest BCUT2D eigenvalue weighted by atomic mass is 9.78. The Hall–Kier alpha value is -1.47. The van der Waals surface area contributed by atoms with E-state index in [0.717, 1.165) is 32.3 Å². The number of carbonyl (C=O) groups excluding carboxylic acids is 1. The van der Waals surface area contributed by atoms with Gasteiger partial charge in [0.05, 0.1) is 31.5 Å². The minimum absolute atomic E-state index is 0.0978. The topological polar surface area (TPSA) is 77.0 Å². The monoisotopic (exact) mass is 391 g/mol. The highest BCUT2D eigenvalue weighted by molar-refractivity contribution is 5.74. The van der Waals surface area contributed by atoms with Crippen LogP contribution in [0.4, 0.5) is 0 Å². The van der Waals surface area contributed by atoms with Crippen LogP contribution in [0.2, 0.25) is 0 Å². The van der Waals surface area contributed by atoms with E-state index >= 15 is 0 Å². The fourth-order valence-electron chi connectivity index (χ4n) is 4.45. The van der Waals surface area contributed by atoms with Gasteiger partial charge in [-0.15, -0.1) is 0 Å². The molecule has 2 bridgehead atoms. The summed E-state index contributed by atoms with van der Waals surface area (Å²) in [5, 5.41) is 8.54. The van der Waals surface area contributed by atoms with Crippen molar-refractivity contribution in [2.75, 3.05) is 13.2 Å². The average Bonchev–Trinajstić information content (AvgIpc) is 3.32. The largest absolute Gasteiger partial charge is 0.378 e. The molecule has 2 aliphatic rings. The number of hydrogen-bond donors (Lipinski definition) is 2. The molecule has 3 rings (SSSR count). The second-order valence-corrected chi connectivity index (χ2v) is 8.02. The maximum Gasteiger partial charge on any atom is 0.243 e. The summed E-state index contributed by atoms with van der Waals surface area (Å²) < 4.78 is 18.1. The van der Waals surface area contributed by atoms with Crippen LogP contribution in [0.25, 0.3) is 0 Å². The van der Waals surface area contributed by atoms with Gasteiger partial charge in [-0.25, -0.2) is 5.48 Å². The molecule has 2 aliphatic heterocycles. The van der Waals surface area contributed by atoms with Gasteiger partial charge in [0, 0.05) is 18.9 Å². The summed E-state index contributed by atoms with van der Waals surface area (Å²) in [6.07, 6.45) is 5.88. The average molecular weight is 392 g/mol. The van der Waals surface area contributed by atoms with Crippen molar-refractivity contribution in [3.63, 3.8) is 0 Å². The lowest BCUT2D eigenvalue weighted by Gasteiger charge is -2.29. The van der Waals surface area contributed by atoms with Crippen molar-refractivity contribution in [3.05, 3.63) is 35.9 Å². The number of hydroxylamine groups is 1. The summed E-state index contributed by atoms with van der Waals surface area (Å²) in [6, 6.07) is 10.3. The predicted molar refractivity (Wildman–Crippen MR) is 105 cm³/mol. The van der Waals surface area contributed by atoms with E-state index in [4.69, 9.17) is 19.4 Å². The van der Waals surface area contributed by atoms with E-state index in [2.05, 4.69) is 12.1 Å². The Morgan fingerprint density at radius 2 is 2.00 bits per heavy atom. The van der Waals surface area contributed by atoms with Crippen molar-refractivity contribution >= 4 is 5.91 Å². The normalized spacial score (nSPS) is 27.1. The van der Waals surface area contributed by atoms with Gasteiger partial charge >= 0.3 is 0 Å². The number of nitrogens with one attached hydrogen (secondary N) is 1. The number of amides is 1. The van der Waals surface area contributed by atoms with Gasteiger partial charge in [0.25, 0.3) is 0 Å². The second kappa shape index (κ2) is 10.9. The molecule has 2 fully saturated rings. The molecule has 2 N–H and O–H groups in total. The van der Waals surface area contributed by atoms with Crippen molar-refractivity contribution in [2.24, 2.45) is 11.8 Å².